The van der Waals surface area contributed by atoms with Gasteiger partial charge in [-0.2, -0.15) is 0 Å². The second kappa shape index (κ2) is 6.89. The van der Waals surface area contributed by atoms with Gasteiger partial charge in [-0.05, 0) is 12.5 Å². The lowest BCUT2D eigenvalue weighted by Crippen LogP contribution is -2.36. The monoisotopic (exact) mass is 265 g/mol. The first-order valence-electron chi connectivity index (χ1n) is 5.96. The fraction of sp³-hybridized carbons (Fsp3) is 0.429. The standard InChI is InChI=1S/C14H19NO4/c1-10(13(16)15(2)3)19-14(17)12(18-4)11-8-6-5-7-9-11/h5-10,12H,1-4H3/t10-,12-/m1/s1. The summed E-state index contributed by atoms with van der Waals surface area (Å²) in [6.45, 7) is 1.54. The molecule has 0 heterocycles. The lowest BCUT2D eigenvalue weighted by atomic mass is 10.1. The predicted molar refractivity (Wildman–Crippen MR) is 70.4 cm³/mol. The number of benzene rings is 1. The van der Waals surface area contributed by atoms with E-state index in [2.05, 4.69) is 0 Å². The van der Waals surface area contributed by atoms with Crippen molar-refractivity contribution in [3.8, 4) is 0 Å². The van der Waals surface area contributed by atoms with Crippen LogP contribution in [0, 0.1) is 0 Å². The molecule has 2 atom stereocenters. The Bertz CT molecular complexity index is 430. The van der Waals surface area contributed by atoms with Gasteiger partial charge in [0.05, 0.1) is 0 Å². The number of amides is 1. The molecule has 19 heavy (non-hydrogen) atoms. The average molecular weight is 265 g/mol. The number of likely N-dealkylation sites (N-methyl/N-ethyl adjacent to an activating group) is 1. The van der Waals surface area contributed by atoms with Gasteiger partial charge in [0.2, 0.25) is 0 Å². The molecule has 1 amide bonds. The molecular formula is C14H19NO4. The third kappa shape index (κ3) is 4.06. The van der Waals surface area contributed by atoms with Crippen LogP contribution in [0.1, 0.15) is 18.6 Å². The van der Waals surface area contributed by atoms with Gasteiger partial charge in [0.25, 0.3) is 5.91 Å². The highest BCUT2D eigenvalue weighted by atomic mass is 16.6. The van der Waals surface area contributed by atoms with Crippen molar-refractivity contribution in [3.63, 3.8) is 0 Å². The molecule has 0 aliphatic heterocycles. The molecule has 0 saturated carbocycles. The summed E-state index contributed by atoms with van der Waals surface area (Å²) in [4.78, 5) is 25.0. The summed E-state index contributed by atoms with van der Waals surface area (Å²) in [5.74, 6) is -0.840. The van der Waals surface area contributed by atoms with E-state index < -0.39 is 18.2 Å². The smallest absolute Gasteiger partial charge is 0.340 e. The highest BCUT2D eigenvalue weighted by Gasteiger charge is 2.26. The maximum Gasteiger partial charge on any atom is 0.340 e. The predicted octanol–water partition coefficient (Wildman–Crippen LogP) is 1.39. The summed E-state index contributed by atoms with van der Waals surface area (Å²) in [7, 11) is 4.65. The van der Waals surface area contributed by atoms with Crippen LogP contribution in [0.15, 0.2) is 30.3 Å². The van der Waals surface area contributed by atoms with E-state index >= 15 is 0 Å². The van der Waals surface area contributed by atoms with Crippen molar-refractivity contribution >= 4 is 11.9 Å². The second-order valence-corrected chi connectivity index (χ2v) is 4.34. The van der Waals surface area contributed by atoms with Crippen LogP contribution in [0.3, 0.4) is 0 Å². The fourth-order valence-electron chi connectivity index (χ4n) is 1.65. The maximum absolute atomic E-state index is 12.0. The fourth-order valence-corrected chi connectivity index (χ4v) is 1.65. The molecule has 0 aromatic heterocycles. The van der Waals surface area contributed by atoms with E-state index in [0.717, 1.165) is 0 Å². The van der Waals surface area contributed by atoms with Crippen LogP contribution in [-0.2, 0) is 19.1 Å². The van der Waals surface area contributed by atoms with Gasteiger partial charge in [-0.15, -0.1) is 0 Å². The maximum atomic E-state index is 12.0. The molecule has 0 N–H and O–H groups in total. The lowest BCUT2D eigenvalue weighted by Gasteiger charge is -2.20. The van der Waals surface area contributed by atoms with Crippen molar-refractivity contribution in [2.45, 2.75) is 19.1 Å². The summed E-state index contributed by atoms with van der Waals surface area (Å²) < 4.78 is 10.3. The Labute approximate surface area is 113 Å². The molecule has 0 aliphatic rings. The number of nitrogens with zero attached hydrogens (tertiary/aromatic N) is 1. The highest BCUT2D eigenvalue weighted by Crippen LogP contribution is 2.18. The van der Waals surface area contributed by atoms with Crippen LogP contribution in [0.5, 0.6) is 0 Å². The van der Waals surface area contributed by atoms with Crippen molar-refractivity contribution in [3.05, 3.63) is 35.9 Å². The minimum Gasteiger partial charge on any atom is -0.450 e. The van der Waals surface area contributed by atoms with Crippen molar-refractivity contribution in [2.75, 3.05) is 21.2 Å². The molecule has 1 rings (SSSR count). The molecule has 104 valence electrons. The zero-order valence-corrected chi connectivity index (χ0v) is 11.6. The van der Waals surface area contributed by atoms with Crippen LogP contribution in [0.2, 0.25) is 0 Å². The normalized spacial score (nSPS) is 13.5. The molecule has 0 unspecified atom stereocenters. The van der Waals surface area contributed by atoms with Crippen LogP contribution in [0.25, 0.3) is 0 Å². The lowest BCUT2D eigenvalue weighted by molar-refractivity contribution is -0.167. The van der Waals surface area contributed by atoms with E-state index in [0.29, 0.717) is 5.56 Å². The van der Waals surface area contributed by atoms with Crippen LogP contribution >= 0.6 is 0 Å². The third-order valence-corrected chi connectivity index (χ3v) is 2.63. The average Bonchev–Trinajstić information content (AvgIpc) is 2.39. The number of hydrogen-bond acceptors (Lipinski definition) is 4. The Balaban J connectivity index is 2.73. The molecule has 0 spiro atoms. The molecular weight excluding hydrogens is 246 g/mol. The van der Waals surface area contributed by atoms with Crippen LogP contribution < -0.4 is 0 Å². The number of carbonyl (C=O) groups excluding carboxylic acids is 2. The second-order valence-electron chi connectivity index (χ2n) is 4.34. The van der Waals surface area contributed by atoms with Crippen LogP contribution in [-0.4, -0.2) is 44.1 Å². The molecule has 1 aromatic rings. The van der Waals surface area contributed by atoms with E-state index in [1.165, 1.54) is 18.9 Å². The summed E-state index contributed by atoms with van der Waals surface area (Å²) in [6.07, 6.45) is -1.65. The van der Waals surface area contributed by atoms with Gasteiger partial charge in [-0.25, -0.2) is 4.79 Å². The van der Waals surface area contributed by atoms with Gasteiger partial charge in [0, 0.05) is 21.2 Å². The topological polar surface area (TPSA) is 55.8 Å². The van der Waals surface area contributed by atoms with Gasteiger partial charge < -0.3 is 14.4 Å². The summed E-state index contributed by atoms with van der Waals surface area (Å²) in [6, 6.07) is 9.01. The summed E-state index contributed by atoms with van der Waals surface area (Å²) >= 11 is 0. The number of rotatable bonds is 5. The van der Waals surface area contributed by atoms with E-state index in [1.807, 2.05) is 18.2 Å². The van der Waals surface area contributed by atoms with E-state index in [-0.39, 0.29) is 5.91 Å². The van der Waals surface area contributed by atoms with Crippen molar-refractivity contribution in [1.82, 2.24) is 4.90 Å². The van der Waals surface area contributed by atoms with Crippen molar-refractivity contribution < 1.29 is 19.1 Å². The van der Waals surface area contributed by atoms with Gasteiger partial charge in [-0.1, -0.05) is 30.3 Å². The van der Waals surface area contributed by atoms with E-state index in [4.69, 9.17) is 9.47 Å². The van der Waals surface area contributed by atoms with Crippen molar-refractivity contribution in [2.24, 2.45) is 0 Å². The number of carbonyl (C=O) groups is 2. The largest absolute Gasteiger partial charge is 0.450 e. The number of ether oxygens (including phenoxy) is 2. The molecule has 0 fully saturated rings. The quantitative estimate of drug-likeness (QED) is 0.755. The first-order chi connectivity index (χ1) is 8.97. The third-order valence-electron chi connectivity index (χ3n) is 2.63. The van der Waals surface area contributed by atoms with E-state index in [9.17, 15) is 9.59 Å². The van der Waals surface area contributed by atoms with Gasteiger partial charge in [0.15, 0.2) is 12.2 Å². The molecule has 0 saturated heterocycles. The zero-order valence-electron chi connectivity index (χ0n) is 11.6. The van der Waals surface area contributed by atoms with Gasteiger partial charge in [-0.3, -0.25) is 4.79 Å². The van der Waals surface area contributed by atoms with E-state index in [1.54, 1.807) is 26.2 Å². The molecule has 5 heteroatoms. The van der Waals surface area contributed by atoms with Gasteiger partial charge >= 0.3 is 5.97 Å². The molecule has 5 nitrogen and oxygen atoms in total. The minimum absolute atomic E-state index is 0.267. The Morgan fingerprint density at radius 3 is 2.21 bits per heavy atom. The Morgan fingerprint density at radius 2 is 1.74 bits per heavy atom. The summed E-state index contributed by atoms with van der Waals surface area (Å²) in [5, 5.41) is 0. The van der Waals surface area contributed by atoms with Crippen molar-refractivity contribution in [1.29, 1.82) is 0 Å². The molecule has 0 radical (unpaired) electrons. The van der Waals surface area contributed by atoms with Gasteiger partial charge in [0.1, 0.15) is 0 Å². The first-order valence-corrected chi connectivity index (χ1v) is 5.96. The Kier molecular flexibility index (Phi) is 5.51. The first kappa shape index (κ1) is 15.2. The summed E-state index contributed by atoms with van der Waals surface area (Å²) in [5.41, 5.74) is 0.694. The molecule has 1 aromatic carbocycles. The Morgan fingerprint density at radius 1 is 1.16 bits per heavy atom. The number of methoxy groups -OCH3 is 1. The number of esters is 1. The minimum atomic E-state index is -0.830. The van der Waals surface area contributed by atoms with Crippen LogP contribution in [0.4, 0.5) is 0 Å². The SMILES string of the molecule is CO[C@@H](C(=O)O[C@H](C)C(=O)N(C)C)c1ccccc1. The molecule has 0 bridgehead atoms. The molecule has 0 aliphatic carbocycles. The zero-order chi connectivity index (χ0) is 14.4. The highest BCUT2D eigenvalue weighted by molar-refractivity contribution is 5.84. The number of hydrogen-bond donors (Lipinski definition) is 0. The Hall–Kier alpha value is -1.88.